The van der Waals surface area contributed by atoms with Gasteiger partial charge in [-0.25, -0.2) is 0 Å². The van der Waals surface area contributed by atoms with Crippen LogP contribution in [0.1, 0.15) is 0 Å². The predicted octanol–water partition coefficient (Wildman–Crippen LogP) is 1.39. The van der Waals surface area contributed by atoms with Crippen LogP contribution in [0.25, 0.3) is 0 Å². The van der Waals surface area contributed by atoms with E-state index in [2.05, 4.69) is 0 Å². The number of methoxy groups -OCH3 is 2. The molecule has 0 saturated heterocycles. The second-order valence-electron chi connectivity index (χ2n) is 1.42. The summed E-state index contributed by atoms with van der Waals surface area (Å²) >= 11 is 0. The minimum atomic E-state index is -0.525. The lowest BCUT2D eigenvalue weighted by molar-refractivity contribution is 0.233. The number of hydrogen-bond donors (Lipinski definition) is 1. The minimum Gasteiger partial charge on any atom is -0.379 e. The van der Waals surface area contributed by atoms with Gasteiger partial charge in [0, 0.05) is 22.3 Å². The van der Waals surface area contributed by atoms with Gasteiger partial charge in [-0.1, -0.05) is 0 Å². The Hall–Kier alpha value is 0.890. The van der Waals surface area contributed by atoms with E-state index in [1.54, 1.807) is 14.2 Å². The normalized spacial score (nSPS) is 8.40. The molecule has 3 nitrogen and oxygen atoms in total. The zero-order valence-corrected chi connectivity index (χ0v) is 8.60. The second-order valence-corrected chi connectivity index (χ2v) is 3.12. The molecular weight excluding hydrogens is 196 g/mol. The number of halogens is 2. The summed E-state index contributed by atoms with van der Waals surface area (Å²) in [5, 5.41) is 0. The molecule has 0 aromatic heterocycles. The van der Waals surface area contributed by atoms with E-state index in [1.165, 1.54) is 0 Å². The van der Waals surface area contributed by atoms with E-state index < -0.39 is 8.07 Å². The highest BCUT2D eigenvalue weighted by Gasteiger charge is 1.96. The second kappa shape index (κ2) is 12.6. The largest absolute Gasteiger partial charge is 0.379 e. The van der Waals surface area contributed by atoms with Crippen molar-refractivity contribution in [1.29, 1.82) is 0 Å². The summed E-state index contributed by atoms with van der Waals surface area (Å²) in [5.74, 6) is 0. The predicted molar refractivity (Wildman–Crippen MR) is 49.4 cm³/mol. The maximum absolute atomic E-state index is 5.51. The van der Waals surface area contributed by atoms with Gasteiger partial charge in [-0.05, 0) is 0 Å². The fourth-order valence-electron chi connectivity index (χ4n) is 0.369. The van der Waals surface area contributed by atoms with E-state index in [0.717, 1.165) is 0 Å². The van der Waals surface area contributed by atoms with Crippen LogP contribution in [0.4, 0.5) is 0 Å². The molecule has 0 amide bonds. The van der Waals surface area contributed by atoms with Crippen LogP contribution in [0.15, 0.2) is 0 Å². The maximum atomic E-state index is 5.51. The van der Waals surface area contributed by atoms with Crippen LogP contribution in [-0.2, 0) is 9.47 Å². The average Bonchev–Trinajstić information content (AvgIpc) is 1.68. The highest BCUT2D eigenvalue weighted by molar-refractivity contribution is 7.54. The molecule has 0 atom stereocenters. The monoisotopic (exact) mass is 209 g/mol. The average molecular weight is 210 g/mol. The number of rotatable bonds is 4. The Bertz CT molecular complexity index is 54.5. The van der Waals surface area contributed by atoms with E-state index in [-0.39, 0.29) is 24.8 Å². The molecule has 0 aliphatic carbocycles. The summed E-state index contributed by atoms with van der Waals surface area (Å²) in [5.41, 5.74) is 5.51. The lowest BCUT2D eigenvalue weighted by Crippen LogP contribution is -2.00. The van der Waals surface area contributed by atoms with Gasteiger partial charge in [0.15, 0.2) is 0 Å². The summed E-state index contributed by atoms with van der Waals surface area (Å²) in [4.78, 5) is 0. The highest BCUT2D eigenvalue weighted by atomic mass is 35.5. The molecule has 0 aliphatic heterocycles. The fourth-order valence-corrected chi connectivity index (χ4v) is 1.11. The number of ether oxygens (including phenoxy) is 2. The SMILES string of the molecule is COCP(N)COC.Cl.Cl. The van der Waals surface area contributed by atoms with E-state index in [9.17, 15) is 0 Å². The molecule has 0 radical (unpaired) electrons. The van der Waals surface area contributed by atoms with Crippen LogP contribution in [-0.4, -0.2) is 26.9 Å². The Morgan fingerprint density at radius 1 is 1.10 bits per heavy atom. The lowest BCUT2D eigenvalue weighted by Gasteiger charge is -2.07. The van der Waals surface area contributed by atoms with Crippen LogP contribution >= 0.6 is 32.9 Å². The zero-order chi connectivity index (χ0) is 6.41. The Labute approximate surface area is 75.3 Å². The van der Waals surface area contributed by atoms with Gasteiger partial charge in [-0.15, -0.1) is 24.8 Å². The van der Waals surface area contributed by atoms with Crippen LogP contribution < -0.4 is 5.50 Å². The van der Waals surface area contributed by atoms with Crippen LogP contribution in [0.2, 0.25) is 0 Å². The van der Waals surface area contributed by atoms with Crippen molar-refractivity contribution in [3.63, 3.8) is 0 Å². The van der Waals surface area contributed by atoms with Gasteiger partial charge in [0.2, 0.25) is 0 Å². The summed E-state index contributed by atoms with van der Waals surface area (Å²) in [6, 6.07) is 0. The first kappa shape index (κ1) is 17.1. The zero-order valence-electron chi connectivity index (χ0n) is 6.07. The summed E-state index contributed by atoms with van der Waals surface area (Å²) < 4.78 is 9.56. The minimum absolute atomic E-state index is 0. The first-order chi connectivity index (χ1) is 3.81. The smallest absolute Gasteiger partial charge is 0.0810 e. The van der Waals surface area contributed by atoms with Gasteiger partial charge < -0.3 is 15.0 Å². The van der Waals surface area contributed by atoms with Crippen molar-refractivity contribution >= 4 is 32.9 Å². The molecule has 0 aliphatic rings. The maximum Gasteiger partial charge on any atom is 0.0810 e. The van der Waals surface area contributed by atoms with Crippen molar-refractivity contribution in [2.45, 2.75) is 0 Å². The van der Waals surface area contributed by atoms with Gasteiger partial charge in [0.05, 0.1) is 12.7 Å². The third-order valence-corrected chi connectivity index (χ3v) is 1.77. The molecule has 66 valence electrons. The quantitative estimate of drug-likeness (QED) is 0.713. The molecule has 0 aromatic carbocycles. The van der Waals surface area contributed by atoms with Gasteiger partial charge in [-0.2, -0.15) is 0 Å². The van der Waals surface area contributed by atoms with E-state index >= 15 is 0 Å². The standard InChI is InChI=1S/C4H12NO2P.2ClH/c1-6-3-8(5)4-7-2;;/h3-5H2,1-2H3;2*1H. The summed E-state index contributed by atoms with van der Waals surface area (Å²) in [6.07, 6.45) is 1.26. The topological polar surface area (TPSA) is 44.5 Å². The molecule has 0 heterocycles. The molecule has 0 rings (SSSR count). The Balaban J connectivity index is -0.000000245. The molecule has 10 heavy (non-hydrogen) atoms. The molecule has 0 saturated carbocycles. The van der Waals surface area contributed by atoms with Crippen molar-refractivity contribution in [1.82, 2.24) is 0 Å². The lowest BCUT2D eigenvalue weighted by atomic mass is 11.5. The highest BCUT2D eigenvalue weighted by Crippen LogP contribution is 2.23. The van der Waals surface area contributed by atoms with Crippen molar-refractivity contribution in [3.05, 3.63) is 0 Å². The number of nitrogens with two attached hydrogens (primary N) is 1. The van der Waals surface area contributed by atoms with Crippen molar-refractivity contribution in [2.75, 3.05) is 26.9 Å². The van der Waals surface area contributed by atoms with Crippen molar-refractivity contribution in [2.24, 2.45) is 5.50 Å². The van der Waals surface area contributed by atoms with E-state index in [0.29, 0.717) is 12.7 Å². The molecule has 0 aromatic rings. The summed E-state index contributed by atoms with van der Waals surface area (Å²) in [6.45, 7) is 0. The van der Waals surface area contributed by atoms with Gasteiger partial charge in [0.1, 0.15) is 0 Å². The van der Waals surface area contributed by atoms with Gasteiger partial charge >= 0.3 is 0 Å². The van der Waals surface area contributed by atoms with Gasteiger partial charge in [-0.3, -0.25) is 0 Å². The number of hydrogen-bond acceptors (Lipinski definition) is 3. The first-order valence-electron chi connectivity index (χ1n) is 2.28. The first-order valence-corrected chi connectivity index (χ1v) is 4.07. The van der Waals surface area contributed by atoms with Crippen molar-refractivity contribution < 1.29 is 9.47 Å². The molecule has 0 spiro atoms. The Kier molecular flexibility index (Phi) is 21.5. The molecule has 2 N–H and O–H groups in total. The van der Waals surface area contributed by atoms with Crippen LogP contribution in [0.5, 0.6) is 0 Å². The van der Waals surface area contributed by atoms with E-state index in [1.807, 2.05) is 0 Å². The Morgan fingerprint density at radius 2 is 1.40 bits per heavy atom. The molecule has 0 unspecified atom stereocenters. The molecular formula is C4H14Cl2NO2P. The van der Waals surface area contributed by atoms with Crippen molar-refractivity contribution in [3.8, 4) is 0 Å². The fraction of sp³-hybridized carbons (Fsp3) is 1.00. The third kappa shape index (κ3) is 11.7. The van der Waals surface area contributed by atoms with Crippen LogP contribution in [0.3, 0.4) is 0 Å². The third-order valence-electron chi connectivity index (χ3n) is 0.590. The van der Waals surface area contributed by atoms with Gasteiger partial charge in [0.25, 0.3) is 0 Å². The molecule has 0 fully saturated rings. The molecule has 6 heteroatoms. The van der Waals surface area contributed by atoms with Crippen LogP contribution in [0, 0.1) is 0 Å². The Morgan fingerprint density at radius 3 is 1.60 bits per heavy atom. The molecule has 0 bridgehead atoms. The van der Waals surface area contributed by atoms with E-state index in [4.69, 9.17) is 15.0 Å². The summed E-state index contributed by atoms with van der Waals surface area (Å²) in [7, 11) is 2.75.